The van der Waals surface area contributed by atoms with Crippen molar-refractivity contribution < 1.29 is 13.6 Å². The van der Waals surface area contributed by atoms with Gasteiger partial charge in [0.05, 0.1) is 0 Å². The molecule has 1 heterocycles. The van der Waals surface area contributed by atoms with Gasteiger partial charge < -0.3 is 0 Å². The molecule has 1 rings (SSSR count). The molecule has 76 valence electrons. The molecule has 0 fully saturated rings. The molecule has 0 atom stereocenters. The fourth-order valence-corrected chi connectivity index (χ4v) is 1.52. The van der Waals surface area contributed by atoms with Crippen LogP contribution in [0.1, 0.15) is 28.2 Å². The lowest BCUT2D eigenvalue weighted by Crippen LogP contribution is -2.03. The summed E-state index contributed by atoms with van der Waals surface area (Å²) in [6.45, 7) is 0. The van der Waals surface area contributed by atoms with Gasteiger partial charge in [-0.3, -0.25) is 4.79 Å². The van der Waals surface area contributed by atoms with Crippen LogP contribution in [0.5, 0.6) is 0 Å². The van der Waals surface area contributed by atoms with Crippen LogP contribution in [0.3, 0.4) is 0 Å². The third-order valence-electron chi connectivity index (χ3n) is 1.55. The zero-order valence-electron chi connectivity index (χ0n) is 6.81. The lowest BCUT2D eigenvalue weighted by atomic mass is 10.2. The topological polar surface area (TPSA) is 30.0 Å². The van der Waals surface area contributed by atoms with Crippen LogP contribution in [0.15, 0.2) is 12.1 Å². The van der Waals surface area contributed by atoms with Crippen LogP contribution in [0.2, 0.25) is 0 Å². The van der Waals surface area contributed by atoms with Crippen molar-refractivity contribution in [1.82, 2.24) is 4.98 Å². The zero-order valence-corrected chi connectivity index (χ0v) is 9.15. The number of halogens is 4. The van der Waals surface area contributed by atoms with Gasteiger partial charge in [-0.25, -0.2) is 13.8 Å². The minimum absolute atomic E-state index is 0.124. The predicted octanol–water partition coefficient (Wildman–Crippen LogP) is 3.29. The van der Waals surface area contributed by atoms with E-state index in [1.165, 1.54) is 12.1 Å². The monoisotopic (exact) mass is 283 g/mol. The molecule has 0 saturated heterocycles. The largest absolute Gasteiger partial charge is 0.280 e. The van der Waals surface area contributed by atoms with E-state index >= 15 is 0 Å². The maximum Gasteiger partial charge on any atom is 0.280 e. The number of pyridine rings is 1. The summed E-state index contributed by atoms with van der Waals surface area (Å²) in [7, 11) is 0. The highest BCUT2D eigenvalue weighted by Crippen LogP contribution is 2.20. The van der Waals surface area contributed by atoms with Crippen molar-refractivity contribution in [1.29, 1.82) is 0 Å². The predicted molar refractivity (Wildman–Crippen MR) is 52.0 cm³/mol. The Morgan fingerprint density at radius 1 is 1.57 bits per heavy atom. The highest BCUT2D eigenvalue weighted by molar-refractivity contribution is 9.08. The Balaban J connectivity index is 3.21. The Labute approximate surface area is 92.4 Å². The molecule has 0 N–H and O–H groups in total. The van der Waals surface area contributed by atoms with Gasteiger partial charge in [-0.15, -0.1) is 0 Å². The average Bonchev–Trinajstić information content (AvgIpc) is 2.16. The molecule has 0 aliphatic carbocycles. The van der Waals surface area contributed by atoms with E-state index in [2.05, 4.69) is 20.9 Å². The molecule has 6 heteroatoms. The second-order valence-corrected chi connectivity index (χ2v) is 3.36. The van der Waals surface area contributed by atoms with Crippen LogP contribution in [0.25, 0.3) is 0 Å². The summed E-state index contributed by atoms with van der Waals surface area (Å²) in [4.78, 5) is 14.3. The van der Waals surface area contributed by atoms with Crippen LogP contribution in [-0.2, 0) is 5.33 Å². The van der Waals surface area contributed by atoms with Crippen molar-refractivity contribution >= 4 is 32.8 Å². The third-order valence-corrected chi connectivity index (χ3v) is 2.34. The summed E-state index contributed by atoms with van der Waals surface area (Å²) in [6, 6.07) is 2.57. The molecule has 0 aliphatic rings. The molecule has 2 nitrogen and oxygen atoms in total. The van der Waals surface area contributed by atoms with E-state index in [4.69, 9.17) is 11.6 Å². The smallest absolute Gasteiger partial charge is 0.274 e. The Bertz CT molecular complexity index is 359. The van der Waals surface area contributed by atoms with Gasteiger partial charge in [0.15, 0.2) is 0 Å². The van der Waals surface area contributed by atoms with Gasteiger partial charge in [0, 0.05) is 5.33 Å². The van der Waals surface area contributed by atoms with E-state index in [-0.39, 0.29) is 5.69 Å². The lowest BCUT2D eigenvalue weighted by Gasteiger charge is -2.04. The Kier molecular flexibility index (Phi) is 3.95. The van der Waals surface area contributed by atoms with Crippen LogP contribution in [-0.4, -0.2) is 10.2 Å². The molecule has 0 spiro atoms. The molecule has 14 heavy (non-hydrogen) atoms. The Morgan fingerprint density at radius 3 is 2.64 bits per heavy atom. The van der Waals surface area contributed by atoms with E-state index < -0.39 is 17.4 Å². The summed E-state index contributed by atoms with van der Waals surface area (Å²) in [6.07, 6.45) is -2.70. The second kappa shape index (κ2) is 4.79. The van der Waals surface area contributed by atoms with E-state index in [0.717, 1.165) is 0 Å². The van der Waals surface area contributed by atoms with Crippen molar-refractivity contribution in [2.75, 3.05) is 0 Å². The first-order chi connectivity index (χ1) is 6.56. The van der Waals surface area contributed by atoms with Gasteiger partial charge in [0.2, 0.25) is 0 Å². The molecule has 0 radical (unpaired) electrons. The van der Waals surface area contributed by atoms with Gasteiger partial charge >= 0.3 is 0 Å². The summed E-state index contributed by atoms with van der Waals surface area (Å²) in [5, 5.41) is -0.487. The van der Waals surface area contributed by atoms with E-state index in [0.29, 0.717) is 10.9 Å². The fraction of sp³-hybridized carbons (Fsp3) is 0.250. The maximum atomic E-state index is 12.2. The van der Waals surface area contributed by atoms with Crippen LogP contribution < -0.4 is 0 Å². The first-order valence-electron chi connectivity index (χ1n) is 3.60. The number of rotatable bonds is 3. The summed E-state index contributed by atoms with van der Waals surface area (Å²) in [5.74, 6) is 0. The quantitative estimate of drug-likeness (QED) is 0.630. The van der Waals surface area contributed by atoms with Crippen molar-refractivity contribution in [2.24, 2.45) is 0 Å². The van der Waals surface area contributed by atoms with Crippen molar-refractivity contribution in [3.05, 3.63) is 29.1 Å². The lowest BCUT2D eigenvalue weighted by molar-refractivity contribution is 0.107. The van der Waals surface area contributed by atoms with Gasteiger partial charge in [-0.2, -0.15) is 0 Å². The van der Waals surface area contributed by atoms with Gasteiger partial charge in [-0.05, 0) is 23.2 Å². The number of aromatic nitrogens is 1. The molecule has 0 aliphatic heterocycles. The van der Waals surface area contributed by atoms with Gasteiger partial charge in [-0.1, -0.05) is 22.0 Å². The number of carbonyl (C=O) groups is 1. The molecule has 0 saturated carbocycles. The number of hydrogen-bond acceptors (Lipinski definition) is 2. The number of alkyl halides is 3. The molecular formula is C8H5BrClF2NO. The van der Waals surface area contributed by atoms with E-state index in [1.807, 2.05) is 0 Å². The van der Waals surface area contributed by atoms with Gasteiger partial charge in [0.25, 0.3) is 11.7 Å². The van der Waals surface area contributed by atoms with Crippen molar-refractivity contribution in [3.8, 4) is 0 Å². The molecule has 0 aromatic carbocycles. The van der Waals surface area contributed by atoms with E-state index in [9.17, 15) is 13.6 Å². The van der Waals surface area contributed by atoms with Crippen LogP contribution >= 0.6 is 27.5 Å². The first kappa shape index (κ1) is 11.5. The minimum Gasteiger partial charge on any atom is -0.274 e. The molecular weight excluding hydrogens is 279 g/mol. The SMILES string of the molecule is O=C(Cl)c1nc(C(F)F)ccc1CBr. The first-order valence-corrected chi connectivity index (χ1v) is 5.10. The summed E-state index contributed by atoms with van der Waals surface area (Å²) < 4.78 is 24.4. The summed E-state index contributed by atoms with van der Waals surface area (Å²) in [5.41, 5.74) is -0.0746. The fourth-order valence-electron chi connectivity index (χ4n) is 0.903. The maximum absolute atomic E-state index is 12.2. The third kappa shape index (κ3) is 2.48. The number of nitrogens with zero attached hydrogens (tertiary/aromatic N) is 1. The molecule has 0 bridgehead atoms. The zero-order chi connectivity index (χ0) is 10.7. The Hall–Kier alpha value is -0.550. The Morgan fingerprint density at radius 2 is 2.21 bits per heavy atom. The molecule has 1 aromatic rings. The molecule has 0 amide bonds. The minimum atomic E-state index is -2.70. The van der Waals surface area contributed by atoms with Crippen LogP contribution in [0, 0.1) is 0 Å². The highest BCUT2D eigenvalue weighted by Gasteiger charge is 2.15. The number of hydrogen-bond donors (Lipinski definition) is 0. The number of carbonyl (C=O) groups excluding carboxylic acids is 1. The normalized spacial score (nSPS) is 10.6. The summed E-state index contributed by atoms with van der Waals surface area (Å²) >= 11 is 8.30. The highest BCUT2D eigenvalue weighted by atomic mass is 79.9. The van der Waals surface area contributed by atoms with Gasteiger partial charge in [0.1, 0.15) is 11.4 Å². The van der Waals surface area contributed by atoms with Crippen molar-refractivity contribution in [3.63, 3.8) is 0 Å². The molecule has 1 aromatic heterocycles. The van der Waals surface area contributed by atoms with E-state index in [1.54, 1.807) is 0 Å². The van der Waals surface area contributed by atoms with Crippen molar-refractivity contribution in [2.45, 2.75) is 11.8 Å². The average molecular weight is 284 g/mol. The van der Waals surface area contributed by atoms with Crippen LogP contribution in [0.4, 0.5) is 8.78 Å². The molecule has 0 unspecified atom stereocenters. The second-order valence-electron chi connectivity index (χ2n) is 2.45. The standard InChI is InChI=1S/C8H5BrClF2NO/c9-3-4-1-2-5(8(11)12)13-6(4)7(10)14/h1-2,8H,3H2.